The third-order valence-corrected chi connectivity index (χ3v) is 4.87. The van der Waals surface area contributed by atoms with Crippen molar-refractivity contribution in [2.45, 2.75) is 38.5 Å². The molecule has 0 N–H and O–H groups in total. The van der Waals surface area contributed by atoms with Crippen LogP contribution in [0.2, 0.25) is 0 Å². The maximum Gasteiger partial charge on any atom is 0.326 e. The molecule has 0 aromatic carbocycles. The lowest BCUT2D eigenvalue weighted by atomic mass is 10.1. The van der Waals surface area contributed by atoms with Gasteiger partial charge in [-0.2, -0.15) is 0 Å². The number of rotatable bonds is 4. The molecule has 4 heteroatoms. The molecule has 0 radical (unpaired) electrons. The standard InChI is InChI=1S/C17H21NO3/c1-12-8-9-16(19)18(12)10-17(20)21-11-15-13-6-4-2-3-5-7-14(13)15/h13-15H,1,4-11H2/t13-,14+,15?. The van der Waals surface area contributed by atoms with Crippen molar-refractivity contribution in [2.75, 3.05) is 13.2 Å². The van der Waals surface area contributed by atoms with Gasteiger partial charge in [0.05, 0.1) is 6.61 Å². The fourth-order valence-corrected chi connectivity index (χ4v) is 3.54. The molecule has 21 heavy (non-hydrogen) atoms. The molecule has 1 saturated heterocycles. The normalized spacial score (nSPS) is 30.9. The predicted molar refractivity (Wildman–Crippen MR) is 77.8 cm³/mol. The predicted octanol–water partition coefficient (Wildman–Crippen LogP) is 2.11. The van der Waals surface area contributed by atoms with E-state index < -0.39 is 0 Å². The quantitative estimate of drug-likeness (QED) is 0.587. The van der Waals surface area contributed by atoms with E-state index in [0.29, 0.717) is 37.2 Å². The molecule has 2 fully saturated rings. The second-order valence-corrected chi connectivity index (χ2v) is 6.15. The van der Waals surface area contributed by atoms with Crippen molar-refractivity contribution in [3.05, 3.63) is 12.3 Å². The Balaban J connectivity index is 1.43. The van der Waals surface area contributed by atoms with E-state index in [1.54, 1.807) is 0 Å². The van der Waals surface area contributed by atoms with E-state index in [2.05, 4.69) is 18.4 Å². The fraction of sp³-hybridized carbons (Fsp3) is 0.647. The van der Waals surface area contributed by atoms with Crippen LogP contribution in [0.4, 0.5) is 0 Å². The Morgan fingerprint density at radius 1 is 1.24 bits per heavy atom. The van der Waals surface area contributed by atoms with Crippen LogP contribution in [0.3, 0.4) is 0 Å². The van der Waals surface area contributed by atoms with Crippen LogP contribution in [0.25, 0.3) is 0 Å². The Bertz CT molecular complexity index is 494. The zero-order chi connectivity index (χ0) is 14.8. The number of amides is 1. The lowest BCUT2D eigenvalue weighted by Crippen LogP contribution is -2.30. The number of likely N-dealkylation sites (tertiary alicyclic amines) is 1. The van der Waals surface area contributed by atoms with E-state index in [9.17, 15) is 9.59 Å². The molecular weight excluding hydrogens is 266 g/mol. The molecule has 0 aromatic rings. The van der Waals surface area contributed by atoms with E-state index >= 15 is 0 Å². The average Bonchev–Trinajstić information content (AvgIpc) is 2.98. The van der Waals surface area contributed by atoms with Crippen molar-refractivity contribution in [2.24, 2.45) is 17.8 Å². The van der Waals surface area contributed by atoms with Gasteiger partial charge in [-0.3, -0.25) is 9.59 Å². The Morgan fingerprint density at radius 3 is 2.48 bits per heavy atom. The molecule has 1 unspecified atom stereocenters. The topological polar surface area (TPSA) is 46.6 Å². The summed E-state index contributed by atoms with van der Waals surface area (Å²) in [6, 6.07) is 0. The van der Waals surface area contributed by atoms with Gasteiger partial charge in [-0.05, 0) is 37.0 Å². The van der Waals surface area contributed by atoms with Crippen LogP contribution in [0.1, 0.15) is 38.5 Å². The maximum absolute atomic E-state index is 11.9. The third-order valence-electron chi connectivity index (χ3n) is 4.87. The minimum Gasteiger partial charge on any atom is -0.464 e. The lowest BCUT2D eigenvalue weighted by molar-refractivity contribution is -0.147. The summed E-state index contributed by atoms with van der Waals surface area (Å²) in [5, 5.41) is 0. The number of hydrogen-bond acceptors (Lipinski definition) is 3. The Hall–Kier alpha value is -1.76. The summed E-state index contributed by atoms with van der Waals surface area (Å²) < 4.78 is 5.38. The highest BCUT2D eigenvalue weighted by Gasteiger charge is 2.49. The van der Waals surface area contributed by atoms with E-state index in [1.165, 1.54) is 4.90 Å². The number of carbonyl (C=O) groups is 2. The molecule has 2 aliphatic carbocycles. The molecule has 1 heterocycles. The van der Waals surface area contributed by atoms with Crippen LogP contribution in [0.15, 0.2) is 12.3 Å². The lowest BCUT2D eigenvalue weighted by Gasteiger charge is -2.16. The first-order chi connectivity index (χ1) is 10.2. The van der Waals surface area contributed by atoms with Gasteiger partial charge in [-0.25, -0.2) is 0 Å². The van der Waals surface area contributed by atoms with Gasteiger partial charge in [0, 0.05) is 25.0 Å². The summed E-state index contributed by atoms with van der Waals surface area (Å²) in [4.78, 5) is 24.9. The molecule has 1 amide bonds. The van der Waals surface area contributed by atoms with Gasteiger partial charge in [-0.15, -0.1) is 11.8 Å². The van der Waals surface area contributed by atoms with E-state index in [4.69, 9.17) is 4.74 Å². The molecule has 112 valence electrons. The molecule has 3 aliphatic rings. The number of hydrogen-bond donors (Lipinski definition) is 0. The summed E-state index contributed by atoms with van der Waals surface area (Å²) in [6.45, 7) is 4.32. The minimum atomic E-state index is -0.318. The first-order valence-electron chi connectivity index (χ1n) is 7.76. The Labute approximate surface area is 125 Å². The second kappa shape index (κ2) is 5.93. The molecule has 3 rings (SSSR count). The second-order valence-electron chi connectivity index (χ2n) is 6.15. The van der Waals surface area contributed by atoms with Gasteiger partial charge in [0.2, 0.25) is 5.91 Å². The van der Waals surface area contributed by atoms with Crippen LogP contribution >= 0.6 is 0 Å². The van der Waals surface area contributed by atoms with Crippen LogP contribution < -0.4 is 0 Å². The molecular formula is C17H21NO3. The molecule has 3 atom stereocenters. The van der Waals surface area contributed by atoms with Crippen molar-refractivity contribution in [1.82, 2.24) is 4.90 Å². The summed E-state index contributed by atoms with van der Waals surface area (Å²) in [6.07, 6.45) is 5.29. The molecule has 0 spiro atoms. The number of nitrogens with zero attached hydrogens (tertiary/aromatic N) is 1. The van der Waals surface area contributed by atoms with Crippen molar-refractivity contribution in [3.63, 3.8) is 0 Å². The van der Waals surface area contributed by atoms with Crippen molar-refractivity contribution in [3.8, 4) is 11.8 Å². The molecule has 1 aliphatic heterocycles. The summed E-state index contributed by atoms with van der Waals surface area (Å²) in [7, 11) is 0. The Kier molecular flexibility index (Phi) is 4.01. The third kappa shape index (κ3) is 3.12. The van der Waals surface area contributed by atoms with Gasteiger partial charge in [0.1, 0.15) is 6.54 Å². The zero-order valence-corrected chi connectivity index (χ0v) is 12.3. The monoisotopic (exact) mass is 287 g/mol. The van der Waals surface area contributed by atoms with Crippen LogP contribution in [-0.4, -0.2) is 29.9 Å². The van der Waals surface area contributed by atoms with Crippen molar-refractivity contribution >= 4 is 11.9 Å². The molecule has 4 nitrogen and oxygen atoms in total. The van der Waals surface area contributed by atoms with Crippen LogP contribution in [-0.2, 0) is 14.3 Å². The maximum atomic E-state index is 11.9. The van der Waals surface area contributed by atoms with Crippen molar-refractivity contribution in [1.29, 1.82) is 0 Å². The summed E-state index contributed by atoms with van der Waals surface area (Å²) >= 11 is 0. The highest BCUT2D eigenvalue weighted by molar-refractivity contribution is 5.85. The highest BCUT2D eigenvalue weighted by Crippen LogP contribution is 2.52. The number of allylic oxidation sites excluding steroid dienone is 1. The van der Waals surface area contributed by atoms with Gasteiger partial charge < -0.3 is 9.64 Å². The number of fused-ring (bicyclic) bond motifs is 1. The van der Waals surface area contributed by atoms with Gasteiger partial charge >= 0.3 is 5.97 Å². The molecule has 0 bridgehead atoms. The van der Waals surface area contributed by atoms with E-state index in [1.807, 2.05) is 0 Å². The first-order valence-corrected chi connectivity index (χ1v) is 7.76. The van der Waals surface area contributed by atoms with Gasteiger partial charge in [0.15, 0.2) is 0 Å². The van der Waals surface area contributed by atoms with Crippen molar-refractivity contribution < 1.29 is 14.3 Å². The average molecular weight is 287 g/mol. The zero-order valence-electron chi connectivity index (χ0n) is 12.3. The van der Waals surface area contributed by atoms with E-state index in [0.717, 1.165) is 31.4 Å². The molecule has 0 aromatic heterocycles. The summed E-state index contributed by atoms with van der Waals surface area (Å²) in [5.41, 5.74) is 0.724. The smallest absolute Gasteiger partial charge is 0.326 e. The molecule has 1 saturated carbocycles. The highest BCUT2D eigenvalue weighted by atomic mass is 16.5. The minimum absolute atomic E-state index is 0.0167. The van der Waals surface area contributed by atoms with Gasteiger partial charge in [-0.1, -0.05) is 6.58 Å². The van der Waals surface area contributed by atoms with Crippen LogP contribution in [0.5, 0.6) is 0 Å². The summed E-state index contributed by atoms with van der Waals surface area (Å²) in [5.74, 6) is 7.86. The van der Waals surface area contributed by atoms with Gasteiger partial charge in [0.25, 0.3) is 0 Å². The SMILES string of the molecule is C=C1CCC(=O)N1CC(=O)OCC1[C@H]2CCC#CCC[C@@H]12. The first kappa shape index (κ1) is 14.2. The fourth-order valence-electron chi connectivity index (χ4n) is 3.54. The van der Waals surface area contributed by atoms with Crippen LogP contribution in [0, 0.1) is 29.6 Å². The number of carbonyl (C=O) groups excluding carboxylic acids is 2. The largest absolute Gasteiger partial charge is 0.464 e. The number of ether oxygens (including phenoxy) is 1. The van der Waals surface area contributed by atoms with E-state index in [-0.39, 0.29) is 18.4 Å². The number of esters is 1. The Morgan fingerprint density at radius 2 is 1.90 bits per heavy atom.